The number of allylic oxidation sites excluding steroid dienone is 18. The fourth-order valence-electron chi connectivity index (χ4n) is 9.79. The first-order chi connectivity index (χ1) is 40.5. The Hall–Kier alpha value is -3.93. The fourth-order valence-corrected chi connectivity index (χ4v) is 9.79. The van der Waals surface area contributed by atoms with Crippen LogP contribution in [0.15, 0.2) is 109 Å². The van der Waals surface area contributed by atoms with Crippen molar-refractivity contribution in [2.75, 3.05) is 13.2 Å². The Kier molecular flexibility index (Phi) is 66.2. The van der Waals surface area contributed by atoms with Crippen LogP contribution >= 0.6 is 0 Å². The Balaban J connectivity index is 4.19. The zero-order chi connectivity index (χ0) is 59.2. The van der Waals surface area contributed by atoms with E-state index in [4.69, 9.17) is 14.2 Å². The summed E-state index contributed by atoms with van der Waals surface area (Å²) in [5.41, 5.74) is 0. The highest BCUT2D eigenvalue weighted by atomic mass is 16.6. The van der Waals surface area contributed by atoms with E-state index in [1.165, 1.54) is 180 Å². The van der Waals surface area contributed by atoms with E-state index in [9.17, 15) is 14.4 Å². The summed E-state index contributed by atoms with van der Waals surface area (Å²) in [4.78, 5) is 38.3. The Morgan fingerprint density at radius 2 is 0.488 bits per heavy atom. The Morgan fingerprint density at radius 1 is 0.256 bits per heavy atom. The topological polar surface area (TPSA) is 78.9 Å². The van der Waals surface area contributed by atoms with E-state index >= 15 is 0 Å². The van der Waals surface area contributed by atoms with Crippen LogP contribution in [0.1, 0.15) is 335 Å². The van der Waals surface area contributed by atoms with E-state index < -0.39 is 6.10 Å². The summed E-state index contributed by atoms with van der Waals surface area (Å²) in [5, 5.41) is 0. The molecule has 0 aromatic heterocycles. The van der Waals surface area contributed by atoms with Crippen molar-refractivity contribution < 1.29 is 28.6 Å². The first-order valence-electron chi connectivity index (χ1n) is 34.9. The van der Waals surface area contributed by atoms with Crippen molar-refractivity contribution in [3.63, 3.8) is 0 Å². The minimum Gasteiger partial charge on any atom is -0.462 e. The van der Waals surface area contributed by atoms with Crippen molar-refractivity contribution in [1.29, 1.82) is 0 Å². The molecule has 0 amide bonds. The third kappa shape index (κ3) is 66.9. The molecule has 1 atom stereocenters. The predicted octanol–water partition coefficient (Wildman–Crippen LogP) is 24.2. The molecule has 1 unspecified atom stereocenters. The van der Waals surface area contributed by atoms with Crippen LogP contribution in [-0.2, 0) is 28.6 Å². The van der Waals surface area contributed by atoms with Gasteiger partial charge in [0.15, 0.2) is 6.10 Å². The molecule has 0 heterocycles. The fraction of sp³-hybridized carbons (Fsp3) is 0.724. The van der Waals surface area contributed by atoms with Crippen LogP contribution in [0.2, 0.25) is 0 Å². The van der Waals surface area contributed by atoms with Crippen molar-refractivity contribution in [3.05, 3.63) is 109 Å². The summed E-state index contributed by atoms with van der Waals surface area (Å²) in [7, 11) is 0. The lowest BCUT2D eigenvalue weighted by Crippen LogP contribution is -2.30. The first kappa shape index (κ1) is 78.1. The van der Waals surface area contributed by atoms with Crippen LogP contribution < -0.4 is 0 Å². The summed E-state index contributed by atoms with van der Waals surface area (Å²) in [6.45, 7) is 6.51. The van der Waals surface area contributed by atoms with Crippen LogP contribution in [0, 0.1) is 0 Å². The van der Waals surface area contributed by atoms with Crippen LogP contribution in [-0.4, -0.2) is 37.2 Å². The maximum absolute atomic E-state index is 12.9. The van der Waals surface area contributed by atoms with Gasteiger partial charge in [-0.2, -0.15) is 0 Å². The Morgan fingerprint density at radius 3 is 0.793 bits per heavy atom. The zero-order valence-electron chi connectivity index (χ0n) is 54.0. The number of hydrogen-bond acceptors (Lipinski definition) is 6. The van der Waals surface area contributed by atoms with Gasteiger partial charge in [-0.1, -0.05) is 323 Å². The zero-order valence-corrected chi connectivity index (χ0v) is 54.0. The van der Waals surface area contributed by atoms with Gasteiger partial charge in [-0.15, -0.1) is 0 Å². The van der Waals surface area contributed by atoms with E-state index in [2.05, 4.69) is 130 Å². The quantitative estimate of drug-likeness (QED) is 0.0261. The number of unbranched alkanes of at least 4 members (excludes halogenated alkanes) is 34. The van der Waals surface area contributed by atoms with Crippen molar-refractivity contribution in [2.45, 2.75) is 341 Å². The number of hydrogen-bond donors (Lipinski definition) is 0. The number of esters is 3. The first-order valence-corrected chi connectivity index (χ1v) is 34.9. The normalized spacial score (nSPS) is 12.8. The van der Waals surface area contributed by atoms with Crippen molar-refractivity contribution in [2.24, 2.45) is 0 Å². The molecule has 0 spiro atoms. The van der Waals surface area contributed by atoms with Crippen molar-refractivity contribution in [1.82, 2.24) is 0 Å². The largest absolute Gasteiger partial charge is 0.462 e. The van der Waals surface area contributed by atoms with Gasteiger partial charge in [0.2, 0.25) is 0 Å². The van der Waals surface area contributed by atoms with E-state index in [1.807, 2.05) is 0 Å². The Bertz CT molecular complexity index is 1640. The molecule has 0 N–H and O–H groups in total. The average Bonchev–Trinajstić information content (AvgIpc) is 3.47. The van der Waals surface area contributed by atoms with E-state index in [1.54, 1.807) is 0 Å². The molecule has 0 aliphatic rings. The van der Waals surface area contributed by atoms with E-state index in [0.717, 1.165) is 116 Å². The lowest BCUT2D eigenvalue weighted by Gasteiger charge is -2.18. The molecule has 0 saturated heterocycles. The molecular formula is C76H130O6. The molecule has 0 rings (SSSR count). The van der Waals surface area contributed by atoms with Gasteiger partial charge in [0.05, 0.1) is 0 Å². The predicted molar refractivity (Wildman–Crippen MR) is 357 cm³/mol. The third-order valence-corrected chi connectivity index (χ3v) is 15.0. The second-order valence-electron chi connectivity index (χ2n) is 23.1. The molecule has 0 aliphatic heterocycles. The molecule has 0 aromatic rings. The highest BCUT2D eigenvalue weighted by Gasteiger charge is 2.19. The van der Waals surface area contributed by atoms with Gasteiger partial charge >= 0.3 is 17.9 Å². The number of carbonyl (C=O) groups excluding carboxylic acids is 3. The minimum absolute atomic E-state index is 0.0795. The second kappa shape index (κ2) is 69.6. The molecule has 0 bridgehead atoms. The molecule has 0 saturated carbocycles. The maximum atomic E-state index is 12.9. The SMILES string of the molecule is CC/C=C\C/C=C\C/C=C\C/C=C\C/C=C\C/C=C\C/C=C\C/C=C\CCCCCCCCCCCCC(=O)OCC(COC(=O)CCCCCCC/C=C\CCCC)OC(=O)CCCCCCCCCCCCCCCCCCCC. The Labute approximate surface area is 508 Å². The molecule has 0 aliphatic carbocycles. The number of carbonyl (C=O) groups is 3. The van der Waals surface area contributed by atoms with Crippen LogP contribution in [0.3, 0.4) is 0 Å². The summed E-state index contributed by atoms with van der Waals surface area (Å²) in [6, 6.07) is 0. The maximum Gasteiger partial charge on any atom is 0.306 e. The van der Waals surface area contributed by atoms with Gasteiger partial charge < -0.3 is 14.2 Å². The van der Waals surface area contributed by atoms with Gasteiger partial charge in [-0.3, -0.25) is 14.4 Å². The van der Waals surface area contributed by atoms with Crippen molar-refractivity contribution >= 4 is 17.9 Å². The van der Waals surface area contributed by atoms with Crippen LogP contribution in [0.4, 0.5) is 0 Å². The lowest BCUT2D eigenvalue weighted by atomic mass is 10.0. The molecule has 6 nitrogen and oxygen atoms in total. The lowest BCUT2D eigenvalue weighted by molar-refractivity contribution is -0.167. The van der Waals surface area contributed by atoms with Gasteiger partial charge in [-0.25, -0.2) is 0 Å². The average molecular weight is 1140 g/mol. The highest BCUT2D eigenvalue weighted by molar-refractivity contribution is 5.71. The summed E-state index contributed by atoms with van der Waals surface area (Å²) in [6.07, 6.45) is 95.5. The standard InChI is InChI=1S/C76H130O6/c1-4-7-10-13-16-19-22-24-26-28-30-31-32-33-34-35-36-37-38-39-40-41-42-43-44-45-46-48-49-51-54-57-60-63-66-69-75(78)81-72-73(71-80-74(77)68-65-62-59-56-53-21-18-15-12-9-6-3)82-76(79)70-67-64-61-58-55-52-50-47-29-27-25-23-20-17-14-11-8-5-2/h7,10,15-16,18-19,24,26,30-31,33-34,36-37,39-40,42-43,73H,4-6,8-9,11-14,17,20-23,25,27-29,32,35,38,41,44-72H2,1-3H3/b10-7-,18-15-,19-16-,26-24-,31-30-,34-33-,37-36-,40-39-,43-42-. The second-order valence-corrected chi connectivity index (χ2v) is 23.1. The minimum atomic E-state index is -0.782. The smallest absolute Gasteiger partial charge is 0.306 e. The third-order valence-electron chi connectivity index (χ3n) is 15.0. The molecular weight excluding hydrogens is 1010 g/mol. The summed E-state index contributed by atoms with van der Waals surface area (Å²) in [5.74, 6) is -0.879. The van der Waals surface area contributed by atoms with Gasteiger partial charge in [-0.05, 0) is 103 Å². The number of ether oxygens (including phenoxy) is 3. The highest BCUT2D eigenvalue weighted by Crippen LogP contribution is 2.17. The summed E-state index contributed by atoms with van der Waals surface area (Å²) >= 11 is 0. The van der Waals surface area contributed by atoms with Crippen LogP contribution in [0.25, 0.3) is 0 Å². The molecule has 82 heavy (non-hydrogen) atoms. The van der Waals surface area contributed by atoms with Gasteiger partial charge in [0, 0.05) is 19.3 Å². The van der Waals surface area contributed by atoms with Crippen molar-refractivity contribution in [3.8, 4) is 0 Å². The molecule has 0 aromatic carbocycles. The van der Waals surface area contributed by atoms with E-state index in [-0.39, 0.29) is 31.1 Å². The molecule has 0 radical (unpaired) electrons. The van der Waals surface area contributed by atoms with Gasteiger partial charge in [0.25, 0.3) is 0 Å². The van der Waals surface area contributed by atoms with Gasteiger partial charge in [0.1, 0.15) is 13.2 Å². The summed E-state index contributed by atoms with van der Waals surface area (Å²) < 4.78 is 16.9. The molecule has 0 fully saturated rings. The van der Waals surface area contributed by atoms with Crippen LogP contribution in [0.5, 0.6) is 0 Å². The monoisotopic (exact) mass is 1140 g/mol. The molecule has 470 valence electrons. The van der Waals surface area contributed by atoms with E-state index in [0.29, 0.717) is 19.3 Å². The molecule has 6 heteroatoms. The number of rotatable bonds is 63.